The van der Waals surface area contributed by atoms with Gasteiger partial charge in [0, 0.05) is 30.9 Å². The zero-order valence-corrected chi connectivity index (χ0v) is 12.9. The number of carbonyl (C=O) groups excluding carboxylic acids is 1. The summed E-state index contributed by atoms with van der Waals surface area (Å²) in [5, 5.41) is 17.8. The van der Waals surface area contributed by atoms with Crippen molar-refractivity contribution in [3.63, 3.8) is 0 Å². The number of aliphatic hydroxyl groups is 1. The second-order valence-corrected chi connectivity index (χ2v) is 6.08. The van der Waals surface area contributed by atoms with E-state index in [1.165, 1.54) is 6.20 Å². The Bertz CT molecular complexity index is 670. The minimum Gasteiger partial charge on any atom is -0.391 e. The van der Waals surface area contributed by atoms with Gasteiger partial charge in [0.25, 0.3) is 5.91 Å². The van der Waals surface area contributed by atoms with Crippen LogP contribution in [-0.4, -0.2) is 50.3 Å². The van der Waals surface area contributed by atoms with E-state index in [0.29, 0.717) is 30.2 Å². The molecule has 0 spiro atoms. The van der Waals surface area contributed by atoms with E-state index in [1.807, 2.05) is 13.0 Å². The second kappa shape index (κ2) is 6.06. The van der Waals surface area contributed by atoms with Crippen LogP contribution in [0.4, 0.5) is 0 Å². The van der Waals surface area contributed by atoms with Crippen LogP contribution < -0.4 is 0 Å². The summed E-state index contributed by atoms with van der Waals surface area (Å²) in [4.78, 5) is 18.1. The van der Waals surface area contributed by atoms with Crippen LogP contribution >= 0.6 is 11.6 Å². The predicted octanol–water partition coefficient (Wildman–Crippen LogP) is 1.44. The molecule has 0 aromatic carbocycles. The van der Waals surface area contributed by atoms with Gasteiger partial charge in [-0.1, -0.05) is 11.6 Å². The summed E-state index contributed by atoms with van der Waals surface area (Å²) in [5.41, 5.74) is 2.23. The van der Waals surface area contributed by atoms with Crippen LogP contribution in [0.3, 0.4) is 0 Å². The zero-order chi connectivity index (χ0) is 15.7. The Morgan fingerprint density at radius 3 is 2.95 bits per heavy atom. The Morgan fingerprint density at radius 1 is 1.50 bits per heavy atom. The quantitative estimate of drug-likeness (QED) is 0.896. The molecule has 1 aliphatic rings. The van der Waals surface area contributed by atoms with E-state index in [4.69, 9.17) is 11.6 Å². The fourth-order valence-corrected chi connectivity index (χ4v) is 2.84. The molecule has 7 heteroatoms. The number of nitrogens with zero attached hydrogens (tertiary/aromatic N) is 3. The first kappa shape index (κ1) is 15.0. The third-order valence-electron chi connectivity index (χ3n) is 3.87. The Balaban J connectivity index is 1.67. The van der Waals surface area contributed by atoms with E-state index in [-0.39, 0.29) is 11.8 Å². The van der Waals surface area contributed by atoms with Crippen LogP contribution in [0.15, 0.2) is 24.4 Å². The number of nitrogens with one attached hydrogen (secondary N) is 1. The van der Waals surface area contributed by atoms with Crippen molar-refractivity contribution in [1.29, 1.82) is 0 Å². The molecule has 1 aliphatic heterocycles. The molecular formula is C15H17ClN4O2. The van der Waals surface area contributed by atoms with Crippen LogP contribution in [0.2, 0.25) is 5.02 Å². The van der Waals surface area contributed by atoms with Crippen LogP contribution in [0.25, 0.3) is 0 Å². The van der Waals surface area contributed by atoms with Gasteiger partial charge in [0.05, 0.1) is 16.8 Å². The van der Waals surface area contributed by atoms with Gasteiger partial charge in [-0.05, 0) is 31.5 Å². The number of hydrogen-bond donors (Lipinski definition) is 2. The van der Waals surface area contributed by atoms with Crippen LogP contribution in [0.5, 0.6) is 0 Å². The number of β-amino-alcohol motifs (C(OH)–C–C–N with tert-alkyl or cyclic N) is 1. The van der Waals surface area contributed by atoms with Gasteiger partial charge in [-0.3, -0.25) is 9.89 Å². The first-order valence-corrected chi connectivity index (χ1v) is 7.50. The highest BCUT2D eigenvalue weighted by molar-refractivity contribution is 6.30. The van der Waals surface area contributed by atoms with Crippen LogP contribution in [0.1, 0.15) is 21.9 Å². The third-order valence-corrected chi connectivity index (χ3v) is 4.09. The topological polar surface area (TPSA) is 82.1 Å². The summed E-state index contributed by atoms with van der Waals surface area (Å²) in [6, 6.07) is 5.19. The van der Waals surface area contributed by atoms with E-state index >= 15 is 0 Å². The normalized spacial score (nSPS) is 21.3. The van der Waals surface area contributed by atoms with Gasteiger partial charge < -0.3 is 10.0 Å². The third kappa shape index (κ3) is 3.13. The lowest BCUT2D eigenvalue weighted by atomic mass is 10.0. The average molecular weight is 321 g/mol. The molecule has 3 heterocycles. The monoisotopic (exact) mass is 320 g/mol. The fourth-order valence-electron chi connectivity index (χ4n) is 2.73. The number of likely N-dealkylation sites (tertiary alicyclic amines) is 1. The van der Waals surface area contributed by atoms with Crippen LogP contribution in [0, 0.1) is 12.8 Å². The average Bonchev–Trinajstić information content (AvgIpc) is 3.06. The molecule has 3 rings (SSSR count). The van der Waals surface area contributed by atoms with Gasteiger partial charge >= 0.3 is 0 Å². The number of hydrogen-bond acceptors (Lipinski definition) is 4. The number of carbonyl (C=O) groups is 1. The summed E-state index contributed by atoms with van der Waals surface area (Å²) in [6.07, 6.45) is 1.54. The highest BCUT2D eigenvalue weighted by Gasteiger charge is 2.35. The maximum Gasteiger partial charge on any atom is 0.272 e. The second-order valence-electron chi connectivity index (χ2n) is 5.65. The van der Waals surface area contributed by atoms with Crippen molar-refractivity contribution in [2.75, 3.05) is 13.1 Å². The van der Waals surface area contributed by atoms with Gasteiger partial charge in [-0.25, -0.2) is 4.98 Å². The van der Waals surface area contributed by atoms with E-state index in [9.17, 15) is 9.90 Å². The van der Waals surface area contributed by atoms with Crippen molar-refractivity contribution in [2.45, 2.75) is 19.4 Å². The van der Waals surface area contributed by atoms with Crippen molar-refractivity contribution in [3.8, 4) is 0 Å². The van der Waals surface area contributed by atoms with E-state index in [0.717, 1.165) is 11.4 Å². The molecule has 2 aromatic rings. The predicted molar refractivity (Wildman–Crippen MR) is 81.7 cm³/mol. The number of aliphatic hydroxyl groups excluding tert-OH is 1. The van der Waals surface area contributed by atoms with Gasteiger partial charge in [-0.15, -0.1) is 0 Å². The van der Waals surface area contributed by atoms with E-state index < -0.39 is 6.10 Å². The molecule has 22 heavy (non-hydrogen) atoms. The lowest BCUT2D eigenvalue weighted by molar-refractivity contribution is 0.0759. The Hall–Kier alpha value is -1.92. The maximum atomic E-state index is 12.4. The lowest BCUT2D eigenvalue weighted by Crippen LogP contribution is -2.30. The van der Waals surface area contributed by atoms with E-state index in [2.05, 4.69) is 15.2 Å². The number of aryl methyl sites for hydroxylation is 1. The number of halogens is 1. The molecule has 0 aliphatic carbocycles. The summed E-state index contributed by atoms with van der Waals surface area (Å²) in [7, 11) is 0. The van der Waals surface area contributed by atoms with Crippen molar-refractivity contribution >= 4 is 17.5 Å². The molecule has 1 saturated heterocycles. The Morgan fingerprint density at radius 2 is 2.32 bits per heavy atom. The lowest BCUT2D eigenvalue weighted by Gasteiger charge is -2.15. The van der Waals surface area contributed by atoms with Crippen molar-refractivity contribution < 1.29 is 9.90 Å². The highest BCUT2D eigenvalue weighted by Crippen LogP contribution is 2.22. The summed E-state index contributed by atoms with van der Waals surface area (Å²) < 4.78 is 0. The molecule has 2 atom stereocenters. The molecular weight excluding hydrogens is 304 g/mol. The molecule has 116 valence electrons. The molecule has 2 aromatic heterocycles. The highest BCUT2D eigenvalue weighted by atomic mass is 35.5. The number of pyridine rings is 1. The Labute approximate surface area is 133 Å². The van der Waals surface area contributed by atoms with Crippen LogP contribution in [-0.2, 0) is 6.42 Å². The SMILES string of the molecule is Cc1cc(CC2CN(C(=O)c3ccc(Cl)cn3)CC2O)n[nH]1. The molecule has 2 unspecified atom stereocenters. The first-order valence-electron chi connectivity index (χ1n) is 7.12. The number of H-pyrrole nitrogens is 1. The molecule has 1 fully saturated rings. The van der Waals surface area contributed by atoms with Gasteiger partial charge in [0.2, 0.25) is 0 Å². The summed E-state index contributed by atoms with van der Waals surface area (Å²) in [6.45, 7) is 2.75. The standard InChI is InChI=1S/C15H17ClN4O2/c1-9-4-12(19-18-9)5-10-7-20(8-14(10)21)15(22)13-3-2-11(16)6-17-13/h2-4,6,10,14,21H,5,7-8H2,1H3,(H,18,19). The van der Waals surface area contributed by atoms with E-state index in [1.54, 1.807) is 17.0 Å². The zero-order valence-electron chi connectivity index (χ0n) is 12.2. The summed E-state index contributed by atoms with van der Waals surface area (Å²) >= 11 is 5.78. The molecule has 6 nitrogen and oxygen atoms in total. The van der Waals surface area contributed by atoms with Gasteiger partial charge in [0.1, 0.15) is 5.69 Å². The van der Waals surface area contributed by atoms with Gasteiger partial charge in [-0.2, -0.15) is 5.10 Å². The maximum absolute atomic E-state index is 12.4. The number of aromatic nitrogens is 3. The molecule has 0 saturated carbocycles. The summed E-state index contributed by atoms with van der Waals surface area (Å²) in [5.74, 6) is -0.199. The van der Waals surface area contributed by atoms with Gasteiger partial charge in [0.15, 0.2) is 0 Å². The number of rotatable bonds is 3. The molecule has 2 N–H and O–H groups in total. The van der Waals surface area contributed by atoms with Crippen molar-refractivity contribution in [1.82, 2.24) is 20.1 Å². The molecule has 0 radical (unpaired) electrons. The van der Waals surface area contributed by atoms with Crippen molar-refractivity contribution in [3.05, 3.63) is 46.5 Å². The van der Waals surface area contributed by atoms with Crippen molar-refractivity contribution in [2.24, 2.45) is 5.92 Å². The first-order chi connectivity index (χ1) is 10.5. The smallest absolute Gasteiger partial charge is 0.272 e. The molecule has 1 amide bonds. The number of amides is 1. The number of aromatic amines is 1. The minimum absolute atomic E-state index is 0.0149. The largest absolute Gasteiger partial charge is 0.391 e. The molecule has 0 bridgehead atoms. The fraction of sp³-hybridized carbons (Fsp3) is 0.400. The Kier molecular flexibility index (Phi) is 4.13. The minimum atomic E-state index is -0.548.